The van der Waals surface area contributed by atoms with Gasteiger partial charge in [0, 0.05) is 43.9 Å². The first-order chi connectivity index (χ1) is 25.7. The summed E-state index contributed by atoms with van der Waals surface area (Å²) in [5.41, 5.74) is 0. The van der Waals surface area contributed by atoms with E-state index < -0.39 is 88.5 Å². The molecule has 0 bridgehead atoms. The van der Waals surface area contributed by atoms with E-state index in [1.54, 1.807) is 12.2 Å². The van der Waals surface area contributed by atoms with Crippen molar-refractivity contribution in [2.75, 3.05) is 26.4 Å². The van der Waals surface area contributed by atoms with Gasteiger partial charge in [0.2, 0.25) is 0 Å². The fourth-order valence-electron chi connectivity index (χ4n) is 6.35. The van der Waals surface area contributed by atoms with Gasteiger partial charge in [-0.25, -0.2) is 4.57 Å². The smallest absolute Gasteiger partial charge is 0.462 e. The van der Waals surface area contributed by atoms with Crippen LogP contribution in [0.1, 0.15) is 143 Å². The molecule has 6 N–H and O–H groups in total. The molecule has 0 amide bonds. The average Bonchev–Trinajstić information content (AvgIpc) is 3.38. The lowest BCUT2D eigenvalue weighted by Gasteiger charge is -2.21. The highest BCUT2D eigenvalue weighted by atomic mass is 31.2. The van der Waals surface area contributed by atoms with E-state index in [0.717, 1.165) is 44.9 Å². The first kappa shape index (κ1) is 50.3. The highest BCUT2D eigenvalue weighted by Gasteiger charge is 2.41. The second-order valence-electron chi connectivity index (χ2n) is 15.1. The van der Waals surface area contributed by atoms with Gasteiger partial charge >= 0.3 is 19.8 Å². The summed E-state index contributed by atoms with van der Waals surface area (Å²) in [7, 11) is -4.71. The van der Waals surface area contributed by atoms with Crippen molar-refractivity contribution in [2.24, 2.45) is 17.8 Å². The third kappa shape index (κ3) is 24.7. The van der Waals surface area contributed by atoms with Gasteiger partial charge in [0.1, 0.15) is 18.5 Å². The van der Waals surface area contributed by atoms with Crippen molar-refractivity contribution in [2.45, 2.75) is 173 Å². The number of aliphatic hydroxyl groups is 5. The number of carbonyl (C=O) groups excluding carboxylic acids is 3. The number of aliphatic hydroxyl groups excluding tert-OH is 5. The molecule has 15 heteroatoms. The van der Waals surface area contributed by atoms with E-state index in [-0.39, 0.29) is 44.3 Å². The molecule has 1 saturated carbocycles. The van der Waals surface area contributed by atoms with Crippen molar-refractivity contribution < 1.29 is 67.9 Å². The summed E-state index contributed by atoms with van der Waals surface area (Å²) in [6.07, 6.45) is 11.4. The van der Waals surface area contributed by atoms with Gasteiger partial charge in [-0.15, -0.1) is 0 Å². The Morgan fingerprint density at radius 1 is 0.778 bits per heavy atom. The first-order valence-electron chi connectivity index (χ1n) is 20.2. The normalized spacial score (nSPS) is 21.6. The zero-order valence-electron chi connectivity index (χ0n) is 32.9. The van der Waals surface area contributed by atoms with Crippen molar-refractivity contribution in [3.05, 3.63) is 12.2 Å². The summed E-state index contributed by atoms with van der Waals surface area (Å²) in [5.74, 6) is -1.58. The number of ketones is 1. The summed E-state index contributed by atoms with van der Waals surface area (Å²) in [5, 5.41) is 49.5. The van der Waals surface area contributed by atoms with Crippen LogP contribution in [0.15, 0.2) is 12.2 Å². The van der Waals surface area contributed by atoms with Crippen LogP contribution in [0.25, 0.3) is 0 Å². The number of carbonyl (C=O) groups is 3. The Morgan fingerprint density at radius 2 is 1.37 bits per heavy atom. The van der Waals surface area contributed by atoms with E-state index in [2.05, 4.69) is 25.3 Å². The van der Waals surface area contributed by atoms with Crippen molar-refractivity contribution in [1.29, 1.82) is 0 Å². The summed E-state index contributed by atoms with van der Waals surface area (Å²) >= 11 is 0. The van der Waals surface area contributed by atoms with Crippen molar-refractivity contribution in [1.82, 2.24) is 0 Å². The zero-order valence-corrected chi connectivity index (χ0v) is 33.8. The molecule has 1 rings (SSSR count). The molecule has 0 aromatic heterocycles. The quantitative estimate of drug-likeness (QED) is 0.0210. The van der Waals surface area contributed by atoms with Gasteiger partial charge in [-0.05, 0) is 31.6 Å². The molecule has 0 spiro atoms. The summed E-state index contributed by atoms with van der Waals surface area (Å²) in [6.45, 7) is 4.05. The van der Waals surface area contributed by atoms with Crippen LogP contribution < -0.4 is 0 Å². The molecule has 0 aromatic carbocycles. The molecule has 0 aromatic rings. The minimum absolute atomic E-state index is 0.0471. The lowest BCUT2D eigenvalue weighted by atomic mass is 9.87. The molecule has 14 nitrogen and oxygen atoms in total. The summed E-state index contributed by atoms with van der Waals surface area (Å²) in [4.78, 5) is 47.8. The predicted octanol–water partition coefficient (Wildman–Crippen LogP) is 5.47. The molecule has 0 saturated heterocycles. The van der Waals surface area contributed by atoms with Crippen LogP contribution in [0.3, 0.4) is 0 Å². The van der Waals surface area contributed by atoms with Gasteiger partial charge in [-0.3, -0.25) is 23.4 Å². The Kier molecular flexibility index (Phi) is 27.5. The van der Waals surface area contributed by atoms with E-state index in [9.17, 15) is 44.3 Å². The topological polar surface area (TPSA) is 227 Å². The average molecular weight is 795 g/mol. The van der Waals surface area contributed by atoms with E-state index >= 15 is 0 Å². The molecule has 0 heterocycles. The summed E-state index contributed by atoms with van der Waals surface area (Å²) < 4.78 is 32.5. The maximum absolute atomic E-state index is 12.8. The largest absolute Gasteiger partial charge is 0.472 e. The van der Waals surface area contributed by atoms with Gasteiger partial charge in [0.05, 0.1) is 38.1 Å². The fraction of sp³-hybridized carbons (Fsp3) is 0.872. The van der Waals surface area contributed by atoms with Crippen LogP contribution in [0, 0.1) is 17.8 Å². The van der Waals surface area contributed by atoms with Crippen molar-refractivity contribution >= 4 is 25.5 Å². The summed E-state index contributed by atoms with van der Waals surface area (Å²) in [6, 6.07) is 0. The number of phosphoric ester groups is 1. The number of Topliss-reactive ketones (excluding diaryl/α,β-unsaturated/α-hetero) is 1. The molecule has 8 atom stereocenters. The Morgan fingerprint density at radius 3 is 2.04 bits per heavy atom. The van der Waals surface area contributed by atoms with Crippen LogP contribution in [0.4, 0.5) is 0 Å². The number of hydrogen-bond donors (Lipinski definition) is 6. The second kappa shape index (κ2) is 29.5. The van der Waals surface area contributed by atoms with E-state index in [4.69, 9.17) is 19.1 Å². The van der Waals surface area contributed by atoms with E-state index in [0.29, 0.717) is 25.2 Å². The highest BCUT2D eigenvalue weighted by molar-refractivity contribution is 7.47. The van der Waals surface area contributed by atoms with Crippen molar-refractivity contribution in [3.8, 4) is 0 Å². The third-order valence-electron chi connectivity index (χ3n) is 9.58. The van der Waals surface area contributed by atoms with Crippen LogP contribution in [-0.2, 0) is 37.5 Å². The molecular weight excluding hydrogens is 723 g/mol. The van der Waals surface area contributed by atoms with Gasteiger partial charge in [0.15, 0.2) is 6.10 Å². The minimum Gasteiger partial charge on any atom is -0.462 e. The minimum atomic E-state index is -4.71. The van der Waals surface area contributed by atoms with Crippen LogP contribution in [-0.4, -0.2) is 105 Å². The molecule has 1 aliphatic rings. The molecule has 1 unspecified atom stereocenters. The van der Waals surface area contributed by atoms with Crippen LogP contribution in [0.2, 0.25) is 0 Å². The highest BCUT2D eigenvalue weighted by Crippen LogP contribution is 2.43. The van der Waals surface area contributed by atoms with Gasteiger partial charge in [0.25, 0.3) is 0 Å². The number of ether oxygens (including phenoxy) is 2. The second-order valence-corrected chi connectivity index (χ2v) is 16.6. The molecule has 316 valence electrons. The zero-order chi connectivity index (χ0) is 40.4. The number of rotatable bonds is 33. The standard InChI is InChI=1S/C39H71O14P/c1-4-5-11-17-30(41)21-22-34-35(37(45)24-36(34)44)23-31(42)18-14-15-20-39(47)53-33(28-52-54(48,49)51-26-32(43)25-40)27-50-38(46)19-13-10-8-6-7-9-12-16-29(2)3/h21-22,29-30,32-37,40-41,43-45H,4-20,23-28H2,1-3H3,(H,48,49)/b22-21+/t30-,32-,33+,34+,35+,36+,37-/m0/s1. The Bertz CT molecular complexity index is 1100. The van der Waals surface area contributed by atoms with E-state index in [1.807, 2.05) is 0 Å². The number of unbranched alkanes of at least 4 members (excludes halogenated alkanes) is 9. The fourth-order valence-corrected chi connectivity index (χ4v) is 7.14. The lowest BCUT2D eigenvalue weighted by Crippen LogP contribution is -2.30. The number of hydrogen-bond acceptors (Lipinski definition) is 13. The number of esters is 2. The molecular formula is C39H71O14P. The third-order valence-corrected chi connectivity index (χ3v) is 10.5. The molecule has 1 fully saturated rings. The van der Waals surface area contributed by atoms with Gasteiger partial charge < -0.3 is 39.9 Å². The molecule has 1 aliphatic carbocycles. The van der Waals surface area contributed by atoms with Gasteiger partial charge in [-0.1, -0.05) is 97.1 Å². The Hall–Kier alpha value is -1.74. The monoisotopic (exact) mass is 794 g/mol. The maximum Gasteiger partial charge on any atom is 0.472 e. The Balaban J connectivity index is 2.56. The SMILES string of the molecule is CCCCC[C@H](O)/C=C/[C@@H]1[C@@H](CC(=O)CCCCC(=O)O[C@H](COC(=O)CCCCCCCCCC(C)C)COP(=O)(O)OC[C@@H](O)CO)[C@@H](O)C[C@H]1O. The molecule has 0 radical (unpaired) electrons. The van der Waals surface area contributed by atoms with Crippen molar-refractivity contribution in [3.63, 3.8) is 0 Å². The first-order valence-corrected chi connectivity index (χ1v) is 21.7. The van der Waals surface area contributed by atoms with Crippen LogP contribution >= 0.6 is 7.82 Å². The van der Waals surface area contributed by atoms with Crippen LogP contribution in [0.5, 0.6) is 0 Å². The molecule has 54 heavy (non-hydrogen) atoms. The number of phosphoric acid groups is 1. The van der Waals surface area contributed by atoms with Gasteiger partial charge in [-0.2, -0.15) is 0 Å². The lowest BCUT2D eigenvalue weighted by molar-refractivity contribution is -0.161. The molecule has 0 aliphatic heterocycles. The predicted molar refractivity (Wildman–Crippen MR) is 203 cm³/mol. The maximum atomic E-state index is 12.8. The Labute approximate surface area is 322 Å². The van der Waals surface area contributed by atoms with E-state index in [1.165, 1.54) is 19.3 Å².